The van der Waals surface area contributed by atoms with Crippen molar-refractivity contribution < 1.29 is 19.8 Å². The van der Waals surface area contributed by atoms with Crippen LogP contribution in [-0.4, -0.2) is 64.7 Å². The molecule has 2 atom stereocenters. The minimum absolute atomic E-state index is 0. The van der Waals surface area contributed by atoms with Crippen molar-refractivity contribution in [1.82, 2.24) is 0 Å². The van der Waals surface area contributed by atoms with Crippen LogP contribution < -0.4 is 10.2 Å². The Morgan fingerprint density at radius 2 is 0.733 bits per heavy atom. The minimum atomic E-state index is -1.05. The van der Waals surface area contributed by atoms with Crippen LogP contribution in [0.2, 0.25) is 17.7 Å². The van der Waals surface area contributed by atoms with E-state index in [0.717, 1.165) is 37.5 Å². The topological polar surface area (TPSA) is 80.3 Å². The molecule has 0 aromatic heterocycles. The average Bonchev–Trinajstić information content (AvgIpc) is 2.97. The molecule has 0 aromatic carbocycles. The van der Waals surface area contributed by atoms with E-state index in [1.54, 1.807) is 17.7 Å². The fourth-order valence-corrected chi connectivity index (χ4v) is 12.5. The van der Waals surface area contributed by atoms with E-state index in [-0.39, 0.29) is 55.8 Å². The van der Waals surface area contributed by atoms with Crippen LogP contribution in [0.25, 0.3) is 0 Å². The number of hydrogen-bond donors (Lipinski definition) is 2. The molecule has 45 heavy (non-hydrogen) atoms. The SMILES string of the molecule is CC(C)CCCCCC(S)C(=O)[O-].CC(C)CCCCCC(S)C(=O)[O-].CCC[CH2][Sn+2][CH2]CCC.CCC[CH2][Sn+2][CH2]CCC.[S-2]. The van der Waals surface area contributed by atoms with Crippen LogP contribution in [0, 0.1) is 11.8 Å². The van der Waals surface area contributed by atoms with Gasteiger partial charge in [0.2, 0.25) is 0 Å². The van der Waals surface area contributed by atoms with Gasteiger partial charge in [0.25, 0.3) is 0 Å². The summed E-state index contributed by atoms with van der Waals surface area (Å²) < 4.78 is 6.50. The average molecular weight is 905 g/mol. The molecule has 268 valence electrons. The van der Waals surface area contributed by atoms with Crippen LogP contribution >= 0.6 is 25.3 Å². The molecule has 0 aliphatic carbocycles. The molecule has 0 spiro atoms. The van der Waals surface area contributed by atoms with E-state index in [0.29, 0.717) is 12.8 Å². The molecular formula is C36H74O4S3Sn2. The van der Waals surface area contributed by atoms with Gasteiger partial charge in [-0.05, 0) is 24.7 Å². The number of unbranched alkanes of at least 4 members (excludes halogenated alkanes) is 8. The molecule has 0 aromatic rings. The van der Waals surface area contributed by atoms with E-state index < -0.39 is 22.4 Å². The summed E-state index contributed by atoms with van der Waals surface area (Å²) in [6.07, 6.45) is 21.8. The van der Waals surface area contributed by atoms with E-state index in [9.17, 15) is 19.8 Å². The maximum Gasteiger partial charge on any atom is -2.00 e. The molecule has 0 heterocycles. The van der Waals surface area contributed by atoms with E-state index in [1.165, 1.54) is 77.0 Å². The normalized spacial score (nSPS) is 11.3. The molecular weight excluding hydrogens is 830 g/mol. The van der Waals surface area contributed by atoms with Crippen molar-refractivity contribution in [2.45, 2.75) is 199 Å². The van der Waals surface area contributed by atoms with Gasteiger partial charge in [-0.1, -0.05) is 79.1 Å². The molecule has 2 unspecified atom stereocenters. The van der Waals surface area contributed by atoms with Crippen LogP contribution in [0.3, 0.4) is 0 Å². The van der Waals surface area contributed by atoms with Gasteiger partial charge >= 0.3 is 139 Å². The number of carbonyl (C=O) groups excluding carboxylic acids is 2. The van der Waals surface area contributed by atoms with Crippen molar-refractivity contribution in [2.24, 2.45) is 11.8 Å². The second-order valence-corrected chi connectivity index (χ2v) is 22.5. The Balaban J connectivity index is -0.000000159. The molecule has 0 aliphatic heterocycles. The molecule has 0 bridgehead atoms. The van der Waals surface area contributed by atoms with Crippen molar-refractivity contribution >= 4 is 93.0 Å². The maximum absolute atomic E-state index is 10.3. The molecule has 0 amide bonds. The smallest absolute Gasteiger partial charge is 2.00 e. The van der Waals surface area contributed by atoms with Crippen molar-refractivity contribution in [1.29, 1.82) is 0 Å². The summed E-state index contributed by atoms with van der Waals surface area (Å²) in [5.41, 5.74) is 0. The molecule has 0 N–H and O–H groups in total. The minimum Gasteiger partial charge on any atom is -2.00 e. The zero-order chi connectivity index (χ0) is 34.4. The first-order chi connectivity index (χ1) is 20.9. The van der Waals surface area contributed by atoms with Crippen molar-refractivity contribution in [3.05, 3.63) is 0 Å². The second-order valence-electron chi connectivity index (χ2n) is 12.6. The number of carboxylic acid groups (broad SMARTS) is 2. The molecule has 9 heteroatoms. The first-order valence-corrected chi connectivity index (χ1v) is 27.2. The van der Waals surface area contributed by atoms with Gasteiger partial charge in [-0.3, -0.25) is 0 Å². The fraction of sp³-hybridized carbons (Fsp3) is 0.944. The molecule has 4 nitrogen and oxygen atoms in total. The van der Waals surface area contributed by atoms with Crippen LogP contribution in [0.4, 0.5) is 0 Å². The third-order valence-corrected chi connectivity index (χ3v) is 15.9. The monoisotopic (exact) mass is 906 g/mol. The number of rotatable bonds is 26. The Hall–Kier alpha value is 1.59. The number of carboxylic acids is 2. The van der Waals surface area contributed by atoms with Crippen molar-refractivity contribution in [3.8, 4) is 0 Å². The molecule has 0 rings (SSSR count). The Kier molecular flexibility index (Phi) is 59.3. The number of carbonyl (C=O) groups is 2. The fourth-order valence-electron chi connectivity index (χ4n) is 3.83. The van der Waals surface area contributed by atoms with Crippen LogP contribution in [0.15, 0.2) is 0 Å². The molecule has 0 saturated carbocycles. The number of hydrogen-bond acceptors (Lipinski definition) is 6. The van der Waals surface area contributed by atoms with Gasteiger partial charge in [-0.15, -0.1) is 0 Å². The first-order valence-electron chi connectivity index (χ1n) is 18.1. The molecule has 0 radical (unpaired) electrons. The molecule has 0 fully saturated rings. The van der Waals surface area contributed by atoms with Crippen LogP contribution in [-0.2, 0) is 23.1 Å². The summed E-state index contributed by atoms with van der Waals surface area (Å²) in [6.45, 7) is 18.0. The summed E-state index contributed by atoms with van der Waals surface area (Å²) in [5.74, 6) is -0.611. The van der Waals surface area contributed by atoms with Gasteiger partial charge in [0.1, 0.15) is 0 Å². The summed E-state index contributed by atoms with van der Waals surface area (Å²) in [7, 11) is 0. The van der Waals surface area contributed by atoms with E-state index in [4.69, 9.17) is 0 Å². The van der Waals surface area contributed by atoms with Crippen LogP contribution in [0.5, 0.6) is 0 Å². The van der Waals surface area contributed by atoms with E-state index >= 15 is 0 Å². The van der Waals surface area contributed by atoms with Gasteiger partial charge < -0.3 is 33.3 Å². The second kappa shape index (κ2) is 47.7. The van der Waals surface area contributed by atoms with Gasteiger partial charge in [0.05, 0.1) is 11.9 Å². The molecule has 0 aliphatic rings. The Morgan fingerprint density at radius 3 is 0.933 bits per heavy atom. The van der Waals surface area contributed by atoms with Gasteiger partial charge in [0.15, 0.2) is 0 Å². The van der Waals surface area contributed by atoms with Crippen LogP contribution in [0.1, 0.15) is 171 Å². The standard InChI is InChI=1S/2C10H20O2S.4C4H9.S.2Sn/c2*1-8(2)6-4-3-5-7-9(13)10(11)12;4*1-3-4-2;;;/h2*8-9,13H,3-7H2,1-2H3,(H,11,12);4*1,3-4H2,2H3;;;/q;;;;;;-2;2*+2/p-2. The summed E-state index contributed by atoms with van der Waals surface area (Å²) in [4.78, 5) is 20.6. The van der Waals surface area contributed by atoms with Gasteiger partial charge in [-0.2, -0.15) is 25.3 Å². The third-order valence-electron chi connectivity index (χ3n) is 6.89. The Bertz CT molecular complexity index is 510. The van der Waals surface area contributed by atoms with Crippen molar-refractivity contribution in [3.63, 3.8) is 0 Å². The number of thiol groups is 2. The summed E-state index contributed by atoms with van der Waals surface area (Å²) in [5, 5.41) is 19.4. The zero-order valence-corrected chi connectivity index (χ0v) is 39.1. The quantitative estimate of drug-likeness (QED) is 0.0516. The van der Waals surface area contributed by atoms with Gasteiger partial charge in [0, 0.05) is 10.5 Å². The largest absolute Gasteiger partial charge is 2.00 e. The first kappa shape index (κ1) is 56.0. The Labute approximate surface area is 321 Å². The third kappa shape index (κ3) is 61.3. The predicted octanol–water partition coefficient (Wildman–Crippen LogP) is 9.53. The predicted molar refractivity (Wildman–Crippen MR) is 209 cm³/mol. The van der Waals surface area contributed by atoms with E-state index in [1.807, 2.05) is 0 Å². The van der Waals surface area contributed by atoms with Crippen molar-refractivity contribution in [2.75, 3.05) is 0 Å². The maximum atomic E-state index is 10.3. The number of aliphatic carboxylic acids is 2. The van der Waals surface area contributed by atoms with E-state index in [2.05, 4.69) is 80.6 Å². The summed E-state index contributed by atoms with van der Waals surface area (Å²) in [6, 6.07) is 0. The summed E-state index contributed by atoms with van der Waals surface area (Å²) >= 11 is 8.11. The zero-order valence-electron chi connectivity index (χ0n) is 30.8. The Morgan fingerprint density at radius 1 is 0.489 bits per heavy atom. The van der Waals surface area contributed by atoms with Gasteiger partial charge in [-0.25, -0.2) is 0 Å². The molecule has 0 saturated heterocycles.